The van der Waals surface area contributed by atoms with Crippen molar-refractivity contribution in [2.75, 3.05) is 17.2 Å². The van der Waals surface area contributed by atoms with Gasteiger partial charge in [0.05, 0.1) is 11.3 Å². The highest BCUT2D eigenvalue weighted by Crippen LogP contribution is 2.32. The van der Waals surface area contributed by atoms with E-state index in [9.17, 15) is 9.90 Å². The summed E-state index contributed by atoms with van der Waals surface area (Å²) < 4.78 is 0. The Morgan fingerprint density at radius 2 is 2.05 bits per heavy atom. The summed E-state index contributed by atoms with van der Waals surface area (Å²) in [5.41, 5.74) is 7.63. The van der Waals surface area contributed by atoms with Crippen LogP contribution in [0, 0.1) is 5.92 Å². The molecule has 0 aliphatic heterocycles. The van der Waals surface area contributed by atoms with E-state index in [4.69, 9.17) is 5.73 Å². The first-order chi connectivity index (χ1) is 9.49. The van der Waals surface area contributed by atoms with Crippen molar-refractivity contribution in [3.63, 3.8) is 0 Å². The van der Waals surface area contributed by atoms with Gasteiger partial charge in [-0.25, -0.2) is 4.79 Å². The van der Waals surface area contributed by atoms with Crippen LogP contribution in [0.15, 0.2) is 18.2 Å². The van der Waals surface area contributed by atoms with Crippen molar-refractivity contribution in [2.45, 2.75) is 45.6 Å². The van der Waals surface area contributed by atoms with Gasteiger partial charge >= 0.3 is 5.97 Å². The monoisotopic (exact) mass is 276 g/mol. The summed E-state index contributed by atoms with van der Waals surface area (Å²) in [5, 5.41) is 9.41. The smallest absolute Gasteiger partial charge is 0.337 e. The number of carboxylic acids is 1. The van der Waals surface area contributed by atoms with Crippen LogP contribution in [0.25, 0.3) is 0 Å². The maximum Gasteiger partial charge on any atom is 0.337 e. The Morgan fingerprint density at radius 3 is 2.60 bits per heavy atom. The van der Waals surface area contributed by atoms with Gasteiger partial charge in [-0.2, -0.15) is 0 Å². The van der Waals surface area contributed by atoms with Gasteiger partial charge in [0.25, 0.3) is 0 Å². The van der Waals surface area contributed by atoms with Crippen molar-refractivity contribution in [3.8, 4) is 0 Å². The minimum atomic E-state index is -0.883. The second-order valence-electron chi connectivity index (χ2n) is 6.07. The van der Waals surface area contributed by atoms with Crippen LogP contribution in [0.4, 0.5) is 11.4 Å². The molecule has 4 nitrogen and oxygen atoms in total. The molecular weight excluding hydrogens is 252 g/mol. The van der Waals surface area contributed by atoms with E-state index in [0.29, 0.717) is 23.2 Å². The van der Waals surface area contributed by atoms with E-state index in [1.165, 1.54) is 12.8 Å². The number of benzene rings is 1. The standard InChI is InChI=1S/C16H24N2O2/c1-11(2)10-18(13-5-3-4-6-13)15-9-12(17)7-8-14(15)16(19)20/h7-9,11,13H,3-6,10,17H2,1-2H3,(H,19,20). The van der Waals surface area contributed by atoms with E-state index in [1.54, 1.807) is 12.1 Å². The summed E-state index contributed by atoms with van der Waals surface area (Å²) in [5.74, 6) is -0.398. The molecule has 0 unspecified atom stereocenters. The molecule has 0 bridgehead atoms. The molecule has 0 saturated heterocycles. The van der Waals surface area contributed by atoms with Gasteiger partial charge in [-0.05, 0) is 37.0 Å². The topological polar surface area (TPSA) is 66.6 Å². The maximum atomic E-state index is 11.5. The third-order valence-electron chi connectivity index (χ3n) is 3.89. The van der Waals surface area contributed by atoms with Crippen LogP contribution < -0.4 is 10.6 Å². The first-order valence-electron chi connectivity index (χ1n) is 7.38. The lowest BCUT2D eigenvalue weighted by Crippen LogP contribution is -2.37. The Kier molecular flexibility index (Phi) is 4.53. The number of nitrogens with zero attached hydrogens (tertiary/aromatic N) is 1. The Balaban J connectivity index is 2.40. The lowest BCUT2D eigenvalue weighted by atomic mass is 10.1. The quantitative estimate of drug-likeness (QED) is 0.809. The SMILES string of the molecule is CC(C)CN(c1cc(N)ccc1C(=O)O)C1CCCC1. The number of anilines is 2. The lowest BCUT2D eigenvalue weighted by Gasteiger charge is -2.34. The van der Waals surface area contributed by atoms with Gasteiger partial charge in [0.1, 0.15) is 0 Å². The summed E-state index contributed by atoms with van der Waals surface area (Å²) in [4.78, 5) is 13.7. The van der Waals surface area contributed by atoms with Crippen molar-refractivity contribution >= 4 is 17.3 Å². The predicted octanol–water partition coefficient (Wildman–Crippen LogP) is 3.37. The fraction of sp³-hybridized carbons (Fsp3) is 0.562. The maximum absolute atomic E-state index is 11.5. The number of hydrogen-bond donors (Lipinski definition) is 2. The molecule has 4 heteroatoms. The molecular formula is C16H24N2O2. The summed E-state index contributed by atoms with van der Waals surface area (Å²) >= 11 is 0. The summed E-state index contributed by atoms with van der Waals surface area (Å²) in [6.07, 6.45) is 4.73. The normalized spacial score (nSPS) is 15.8. The van der Waals surface area contributed by atoms with Gasteiger partial charge in [-0.3, -0.25) is 0 Å². The average Bonchev–Trinajstić information content (AvgIpc) is 2.88. The summed E-state index contributed by atoms with van der Waals surface area (Å²) in [6, 6.07) is 5.53. The third-order valence-corrected chi connectivity index (χ3v) is 3.89. The van der Waals surface area contributed by atoms with Gasteiger partial charge < -0.3 is 15.7 Å². The van der Waals surface area contributed by atoms with Gasteiger partial charge in [-0.1, -0.05) is 26.7 Å². The van der Waals surface area contributed by atoms with Gasteiger partial charge in [-0.15, -0.1) is 0 Å². The molecule has 1 saturated carbocycles. The van der Waals surface area contributed by atoms with Crippen LogP contribution in [0.5, 0.6) is 0 Å². The highest BCUT2D eigenvalue weighted by Gasteiger charge is 2.26. The molecule has 2 rings (SSSR count). The minimum Gasteiger partial charge on any atom is -0.478 e. The molecule has 1 aliphatic rings. The van der Waals surface area contributed by atoms with Crippen molar-refractivity contribution in [2.24, 2.45) is 5.92 Å². The molecule has 0 aromatic heterocycles. The van der Waals surface area contributed by atoms with Gasteiger partial charge in [0, 0.05) is 18.3 Å². The largest absolute Gasteiger partial charge is 0.478 e. The Labute approximate surface area is 120 Å². The zero-order chi connectivity index (χ0) is 14.7. The molecule has 1 fully saturated rings. The molecule has 0 atom stereocenters. The van der Waals surface area contributed by atoms with Crippen LogP contribution in [0.3, 0.4) is 0 Å². The Bertz CT molecular complexity index is 479. The predicted molar refractivity (Wildman–Crippen MR) is 82.3 cm³/mol. The average molecular weight is 276 g/mol. The fourth-order valence-corrected chi connectivity index (χ4v) is 3.02. The van der Waals surface area contributed by atoms with Crippen molar-refractivity contribution < 1.29 is 9.90 Å². The second-order valence-corrected chi connectivity index (χ2v) is 6.07. The zero-order valence-electron chi connectivity index (χ0n) is 12.3. The van der Waals surface area contributed by atoms with Crippen LogP contribution in [-0.2, 0) is 0 Å². The van der Waals surface area contributed by atoms with Gasteiger partial charge in [0.2, 0.25) is 0 Å². The van der Waals surface area contributed by atoms with E-state index in [0.717, 1.165) is 25.1 Å². The highest BCUT2D eigenvalue weighted by atomic mass is 16.4. The van der Waals surface area contributed by atoms with Crippen molar-refractivity contribution in [1.29, 1.82) is 0 Å². The number of rotatable bonds is 5. The number of carboxylic acid groups (broad SMARTS) is 1. The zero-order valence-corrected chi connectivity index (χ0v) is 12.3. The molecule has 0 heterocycles. The Hall–Kier alpha value is -1.71. The molecule has 1 aliphatic carbocycles. The molecule has 110 valence electrons. The molecule has 0 amide bonds. The molecule has 3 N–H and O–H groups in total. The second kappa shape index (κ2) is 6.16. The van der Waals surface area contributed by atoms with E-state index in [2.05, 4.69) is 18.7 Å². The van der Waals surface area contributed by atoms with Crippen molar-refractivity contribution in [1.82, 2.24) is 0 Å². The Morgan fingerprint density at radius 1 is 1.40 bits per heavy atom. The van der Waals surface area contributed by atoms with E-state index in [-0.39, 0.29) is 0 Å². The van der Waals surface area contributed by atoms with Crippen LogP contribution >= 0.6 is 0 Å². The highest BCUT2D eigenvalue weighted by molar-refractivity contribution is 5.95. The minimum absolute atomic E-state index is 0.353. The number of aromatic carboxylic acids is 1. The number of hydrogen-bond acceptors (Lipinski definition) is 3. The molecule has 20 heavy (non-hydrogen) atoms. The van der Waals surface area contributed by atoms with Crippen LogP contribution in [-0.4, -0.2) is 23.7 Å². The summed E-state index contributed by atoms with van der Waals surface area (Å²) in [6.45, 7) is 5.19. The van der Waals surface area contributed by atoms with Gasteiger partial charge in [0.15, 0.2) is 0 Å². The van der Waals surface area contributed by atoms with Crippen LogP contribution in [0.1, 0.15) is 49.9 Å². The number of nitrogens with two attached hydrogens (primary N) is 1. The number of carbonyl (C=O) groups is 1. The molecule has 1 aromatic carbocycles. The van der Waals surface area contributed by atoms with Crippen molar-refractivity contribution in [3.05, 3.63) is 23.8 Å². The number of nitrogen functional groups attached to an aromatic ring is 1. The molecule has 0 radical (unpaired) electrons. The van der Waals surface area contributed by atoms with E-state index >= 15 is 0 Å². The summed E-state index contributed by atoms with van der Waals surface area (Å²) in [7, 11) is 0. The van der Waals surface area contributed by atoms with E-state index in [1.807, 2.05) is 6.07 Å². The third kappa shape index (κ3) is 3.24. The fourth-order valence-electron chi connectivity index (χ4n) is 3.02. The lowest BCUT2D eigenvalue weighted by molar-refractivity contribution is 0.0697. The first kappa shape index (κ1) is 14.7. The molecule has 0 spiro atoms. The first-order valence-corrected chi connectivity index (χ1v) is 7.38. The van der Waals surface area contributed by atoms with E-state index < -0.39 is 5.97 Å². The molecule has 1 aromatic rings. The van der Waals surface area contributed by atoms with Crippen LogP contribution in [0.2, 0.25) is 0 Å².